The van der Waals surface area contributed by atoms with Crippen LogP contribution in [0.15, 0.2) is 71.6 Å². The predicted octanol–water partition coefficient (Wildman–Crippen LogP) is 2.79. The van der Waals surface area contributed by atoms with Gasteiger partial charge < -0.3 is 9.64 Å². The molecule has 7 heteroatoms. The highest BCUT2D eigenvalue weighted by Crippen LogP contribution is 2.19. The van der Waals surface area contributed by atoms with Gasteiger partial charge in [-0.1, -0.05) is 42.5 Å². The van der Waals surface area contributed by atoms with Crippen molar-refractivity contribution in [3.05, 3.63) is 77.9 Å². The van der Waals surface area contributed by atoms with Gasteiger partial charge in [0.1, 0.15) is 0 Å². The number of nitrogens with one attached hydrogen (secondary N) is 1. The van der Waals surface area contributed by atoms with E-state index in [1.807, 2.05) is 24.3 Å². The van der Waals surface area contributed by atoms with E-state index in [0.717, 1.165) is 16.3 Å². The standard InChI is InChI=1S/C22H22N2O4S/c25-22(24-11-13-28-14-12-24)19-7-5-17(6-8-19)16-23-29(26,27)21-10-9-18-3-1-2-4-20(18)15-21/h1-10,15,23H,11-14,16H2. The van der Waals surface area contributed by atoms with Crippen molar-refractivity contribution in [1.82, 2.24) is 9.62 Å². The Labute approximate surface area is 170 Å². The number of amides is 1. The van der Waals surface area contributed by atoms with Crippen LogP contribution in [-0.2, 0) is 21.3 Å². The Hall–Kier alpha value is -2.74. The summed E-state index contributed by atoms with van der Waals surface area (Å²) in [6.07, 6.45) is 0. The first-order chi connectivity index (χ1) is 14.0. The van der Waals surface area contributed by atoms with Crippen LogP contribution in [0.2, 0.25) is 0 Å². The molecule has 0 radical (unpaired) electrons. The number of rotatable bonds is 5. The molecule has 1 N–H and O–H groups in total. The number of hydrogen-bond acceptors (Lipinski definition) is 4. The predicted molar refractivity (Wildman–Crippen MR) is 111 cm³/mol. The van der Waals surface area contributed by atoms with E-state index >= 15 is 0 Å². The third kappa shape index (κ3) is 4.48. The molecule has 1 amide bonds. The summed E-state index contributed by atoms with van der Waals surface area (Å²) >= 11 is 0. The van der Waals surface area contributed by atoms with Crippen LogP contribution < -0.4 is 4.72 Å². The molecule has 0 atom stereocenters. The van der Waals surface area contributed by atoms with Crippen LogP contribution in [0.5, 0.6) is 0 Å². The molecule has 3 aromatic rings. The van der Waals surface area contributed by atoms with Crippen LogP contribution in [0.4, 0.5) is 0 Å². The zero-order chi connectivity index (χ0) is 20.3. The molecule has 1 heterocycles. The van der Waals surface area contributed by atoms with E-state index in [1.165, 1.54) is 0 Å². The highest BCUT2D eigenvalue weighted by atomic mass is 32.2. The number of fused-ring (bicyclic) bond motifs is 1. The molecule has 1 aliphatic heterocycles. The second kappa shape index (κ2) is 8.32. The average molecular weight is 410 g/mol. The zero-order valence-electron chi connectivity index (χ0n) is 15.9. The SMILES string of the molecule is O=C(c1ccc(CNS(=O)(=O)c2ccc3ccccc3c2)cc1)N1CCOCC1. The molecule has 6 nitrogen and oxygen atoms in total. The molecule has 0 bridgehead atoms. The molecule has 0 spiro atoms. The zero-order valence-corrected chi connectivity index (χ0v) is 16.7. The van der Waals surface area contributed by atoms with Gasteiger partial charge in [0, 0.05) is 25.2 Å². The van der Waals surface area contributed by atoms with Gasteiger partial charge in [0.05, 0.1) is 18.1 Å². The minimum absolute atomic E-state index is 0.0309. The Morgan fingerprint density at radius 2 is 1.62 bits per heavy atom. The lowest BCUT2D eigenvalue weighted by molar-refractivity contribution is 0.0303. The quantitative estimate of drug-likeness (QED) is 0.702. The lowest BCUT2D eigenvalue weighted by Gasteiger charge is -2.26. The van der Waals surface area contributed by atoms with Crippen molar-refractivity contribution in [2.24, 2.45) is 0 Å². The van der Waals surface area contributed by atoms with E-state index in [2.05, 4.69) is 4.72 Å². The van der Waals surface area contributed by atoms with E-state index in [4.69, 9.17) is 4.74 Å². The van der Waals surface area contributed by atoms with Gasteiger partial charge in [-0.3, -0.25) is 4.79 Å². The Balaban J connectivity index is 1.43. The van der Waals surface area contributed by atoms with E-state index in [9.17, 15) is 13.2 Å². The third-order valence-corrected chi connectivity index (χ3v) is 6.40. The summed E-state index contributed by atoms with van der Waals surface area (Å²) in [5.41, 5.74) is 1.38. The molecule has 29 heavy (non-hydrogen) atoms. The van der Waals surface area contributed by atoms with Gasteiger partial charge in [-0.05, 0) is 40.6 Å². The highest BCUT2D eigenvalue weighted by molar-refractivity contribution is 7.89. The monoisotopic (exact) mass is 410 g/mol. The van der Waals surface area contributed by atoms with Crippen molar-refractivity contribution in [2.45, 2.75) is 11.4 Å². The van der Waals surface area contributed by atoms with Crippen molar-refractivity contribution in [3.63, 3.8) is 0 Å². The molecule has 3 aromatic carbocycles. The summed E-state index contributed by atoms with van der Waals surface area (Å²) in [5.74, 6) is -0.0309. The second-order valence-electron chi connectivity index (χ2n) is 6.94. The Morgan fingerprint density at radius 1 is 0.931 bits per heavy atom. The summed E-state index contributed by atoms with van der Waals surface area (Å²) in [7, 11) is -3.63. The van der Waals surface area contributed by atoms with E-state index in [-0.39, 0.29) is 17.3 Å². The fraction of sp³-hybridized carbons (Fsp3) is 0.227. The van der Waals surface area contributed by atoms with Crippen LogP contribution in [0.1, 0.15) is 15.9 Å². The molecular weight excluding hydrogens is 388 g/mol. The van der Waals surface area contributed by atoms with Gasteiger partial charge in [0.25, 0.3) is 5.91 Å². The first-order valence-corrected chi connectivity index (χ1v) is 11.0. The molecule has 0 unspecified atom stereocenters. The normalized spacial score (nSPS) is 14.8. The van der Waals surface area contributed by atoms with Crippen LogP contribution in [0.3, 0.4) is 0 Å². The van der Waals surface area contributed by atoms with Crippen molar-refractivity contribution in [2.75, 3.05) is 26.3 Å². The van der Waals surface area contributed by atoms with Crippen molar-refractivity contribution >= 4 is 26.7 Å². The summed E-state index contributed by atoms with van der Waals surface area (Å²) in [4.78, 5) is 14.5. The average Bonchev–Trinajstić information content (AvgIpc) is 2.78. The number of carbonyl (C=O) groups is 1. The maximum absolute atomic E-state index is 12.6. The maximum atomic E-state index is 12.6. The molecule has 0 aromatic heterocycles. The number of carbonyl (C=O) groups excluding carboxylic acids is 1. The number of ether oxygens (including phenoxy) is 1. The fourth-order valence-electron chi connectivity index (χ4n) is 3.31. The largest absolute Gasteiger partial charge is 0.378 e. The Morgan fingerprint density at radius 3 is 2.34 bits per heavy atom. The van der Waals surface area contributed by atoms with Crippen LogP contribution in [-0.4, -0.2) is 45.5 Å². The van der Waals surface area contributed by atoms with Crippen molar-refractivity contribution in [1.29, 1.82) is 0 Å². The van der Waals surface area contributed by atoms with Gasteiger partial charge >= 0.3 is 0 Å². The Kier molecular flexibility index (Phi) is 5.62. The number of sulfonamides is 1. The van der Waals surface area contributed by atoms with Crippen molar-refractivity contribution in [3.8, 4) is 0 Å². The summed E-state index contributed by atoms with van der Waals surface area (Å²) in [5, 5.41) is 1.87. The van der Waals surface area contributed by atoms with Crippen LogP contribution in [0.25, 0.3) is 10.8 Å². The molecule has 0 aliphatic carbocycles. The molecule has 1 fully saturated rings. The first kappa shape index (κ1) is 19.6. The van der Waals surface area contributed by atoms with Crippen LogP contribution in [0, 0.1) is 0 Å². The van der Waals surface area contributed by atoms with Crippen molar-refractivity contribution < 1.29 is 17.9 Å². The molecule has 150 valence electrons. The van der Waals surface area contributed by atoms with Gasteiger partial charge in [-0.25, -0.2) is 13.1 Å². The van der Waals surface area contributed by atoms with Gasteiger partial charge in [0.2, 0.25) is 10.0 Å². The van der Waals surface area contributed by atoms with E-state index < -0.39 is 10.0 Å². The smallest absolute Gasteiger partial charge is 0.254 e. The number of hydrogen-bond donors (Lipinski definition) is 1. The molecule has 1 saturated heterocycles. The highest BCUT2D eigenvalue weighted by Gasteiger charge is 2.18. The first-order valence-electron chi connectivity index (χ1n) is 9.47. The summed E-state index contributed by atoms with van der Waals surface area (Å²) < 4.78 is 33.2. The summed E-state index contributed by atoms with van der Waals surface area (Å²) in [6.45, 7) is 2.44. The number of benzene rings is 3. The van der Waals surface area contributed by atoms with E-state index in [0.29, 0.717) is 31.9 Å². The minimum atomic E-state index is -3.63. The second-order valence-corrected chi connectivity index (χ2v) is 8.70. The lowest BCUT2D eigenvalue weighted by Crippen LogP contribution is -2.40. The van der Waals surface area contributed by atoms with Gasteiger partial charge in [0.15, 0.2) is 0 Å². The fourth-order valence-corrected chi connectivity index (χ4v) is 4.36. The Bertz CT molecular complexity index is 1120. The number of morpholine rings is 1. The summed E-state index contributed by atoms with van der Waals surface area (Å²) in [6, 6.07) is 19.7. The molecule has 4 rings (SSSR count). The van der Waals surface area contributed by atoms with Crippen LogP contribution >= 0.6 is 0 Å². The number of nitrogens with zero attached hydrogens (tertiary/aromatic N) is 1. The molecular formula is C22H22N2O4S. The topological polar surface area (TPSA) is 75.7 Å². The third-order valence-electron chi connectivity index (χ3n) is 5.00. The minimum Gasteiger partial charge on any atom is -0.378 e. The molecule has 0 saturated carbocycles. The van der Waals surface area contributed by atoms with Gasteiger partial charge in [-0.15, -0.1) is 0 Å². The maximum Gasteiger partial charge on any atom is 0.254 e. The lowest BCUT2D eigenvalue weighted by atomic mass is 10.1. The van der Waals surface area contributed by atoms with Gasteiger partial charge in [-0.2, -0.15) is 0 Å². The molecule has 1 aliphatic rings. The van der Waals surface area contributed by atoms with E-state index in [1.54, 1.807) is 47.4 Å².